The molecule has 0 saturated carbocycles. The van der Waals surface area contributed by atoms with Crippen LogP contribution in [0.2, 0.25) is 0 Å². The van der Waals surface area contributed by atoms with Crippen LogP contribution in [0.4, 0.5) is 0 Å². The minimum absolute atomic E-state index is 1.03. The number of hydrogen-bond donors (Lipinski definition) is 0. The molecule has 0 nitrogen and oxygen atoms in total. The van der Waals surface area contributed by atoms with E-state index in [1.807, 2.05) is 0 Å². The maximum Gasteiger partial charge on any atom is 0.0149 e. The molecule has 0 N–H and O–H groups in total. The second-order valence-electron chi connectivity index (χ2n) is 4.78. The molecule has 0 aromatic heterocycles. The van der Waals surface area contributed by atoms with E-state index in [-0.39, 0.29) is 0 Å². The van der Waals surface area contributed by atoms with Crippen LogP contribution >= 0.6 is 35.3 Å². The molecule has 3 fully saturated rings. The fourth-order valence-corrected chi connectivity index (χ4v) is 5.27. The molecule has 3 saturated heterocycles. The highest BCUT2D eigenvalue weighted by Crippen LogP contribution is 2.43. The lowest BCUT2D eigenvalue weighted by Crippen LogP contribution is -2.20. The molecule has 3 aliphatic rings. The van der Waals surface area contributed by atoms with Gasteiger partial charge in [0.2, 0.25) is 0 Å². The van der Waals surface area contributed by atoms with Gasteiger partial charge in [0.05, 0.1) is 0 Å². The largest absolute Gasteiger partial charge is 0.158 e. The summed E-state index contributed by atoms with van der Waals surface area (Å²) in [6.45, 7) is 0. The third-order valence-corrected chi connectivity index (χ3v) is 6.95. The van der Waals surface area contributed by atoms with E-state index in [1.54, 1.807) is 0 Å². The Bertz CT molecular complexity index is 169. The van der Waals surface area contributed by atoms with Crippen molar-refractivity contribution >= 4 is 35.3 Å². The highest BCUT2D eigenvalue weighted by Gasteiger charge is 2.32. The van der Waals surface area contributed by atoms with Crippen LogP contribution in [0.5, 0.6) is 0 Å². The van der Waals surface area contributed by atoms with E-state index in [9.17, 15) is 0 Å². The first kappa shape index (κ1) is 10.2. The summed E-state index contributed by atoms with van der Waals surface area (Å²) in [4.78, 5) is 0. The van der Waals surface area contributed by atoms with Crippen LogP contribution in [0, 0.1) is 5.92 Å². The van der Waals surface area contributed by atoms with E-state index in [2.05, 4.69) is 35.3 Å². The zero-order valence-corrected chi connectivity index (χ0v) is 10.9. The van der Waals surface area contributed by atoms with Crippen LogP contribution in [0.15, 0.2) is 0 Å². The lowest BCUT2D eigenvalue weighted by atomic mass is 9.97. The molecule has 80 valence electrons. The van der Waals surface area contributed by atoms with Crippen molar-refractivity contribution in [3.8, 4) is 0 Å². The minimum Gasteiger partial charge on any atom is -0.158 e. The predicted octanol–water partition coefficient (Wildman–Crippen LogP) is 3.51. The lowest BCUT2D eigenvalue weighted by molar-refractivity contribution is 0.464. The quantitative estimate of drug-likeness (QED) is 0.697. The van der Waals surface area contributed by atoms with Gasteiger partial charge in [-0.1, -0.05) is 0 Å². The van der Waals surface area contributed by atoms with E-state index in [0.29, 0.717) is 0 Å². The first-order chi connectivity index (χ1) is 6.90. The highest BCUT2D eigenvalue weighted by atomic mass is 32.2. The van der Waals surface area contributed by atoms with Crippen LogP contribution < -0.4 is 0 Å². The first-order valence-corrected chi connectivity index (χ1v) is 8.89. The molecule has 14 heavy (non-hydrogen) atoms. The summed E-state index contributed by atoms with van der Waals surface area (Å²) in [6, 6.07) is 0. The Labute approximate surface area is 99.7 Å². The summed E-state index contributed by atoms with van der Waals surface area (Å²) in [7, 11) is 0. The van der Waals surface area contributed by atoms with Gasteiger partial charge < -0.3 is 0 Å². The average Bonchev–Trinajstić information content (AvgIpc) is 3.02. The Morgan fingerprint density at radius 3 is 2.00 bits per heavy atom. The van der Waals surface area contributed by atoms with Crippen LogP contribution in [0.3, 0.4) is 0 Å². The summed E-state index contributed by atoms with van der Waals surface area (Å²) in [5.41, 5.74) is 0. The van der Waals surface area contributed by atoms with Crippen molar-refractivity contribution in [1.29, 1.82) is 0 Å². The van der Waals surface area contributed by atoms with Gasteiger partial charge in [0.1, 0.15) is 0 Å². The summed E-state index contributed by atoms with van der Waals surface area (Å²) in [6.07, 6.45) is 6.10. The molecule has 0 aromatic carbocycles. The Balaban J connectivity index is 1.37. The van der Waals surface area contributed by atoms with Gasteiger partial charge in [-0.2, -0.15) is 35.3 Å². The molecule has 3 rings (SSSR count). The second kappa shape index (κ2) is 4.50. The van der Waals surface area contributed by atoms with Crippen molar-refractivity contribution in [2.75, 3.05) is 17.3 Å². The molecule has 3 heterocycles. The Kier molecular flexibility index (Phi) is 3.29. The molecule has 4 unspecified atom stereocenters. The van der Waals surface area contributed by atoms with Crippen LogP contribution in [-0.2, 0) is 0 Å². The molecule has 0 spiro atoms. The summed E-state index contributed by atoms with van der Waals surface area (Å²) in [5, 5.41) is 3.15. The molecule has 0 aliphatic carbocycles. The second-order valence-corrected chi connectivity index (χ2v) is 8.78. The van der Waals surface area contributed by atoms with Crippen LogP contribution in [-0.4, -0.2) is 33.0 Å². The van der Waals surface area contributed by atoms with E-state index >= 15 is 0 Å². The van der Waals surface area contributed by atoms with Gasteiger partial charge in [-0.25, -0.2) is 0 Å². The highest BCUT2D eigenvalue weighted by molar-refractivity contribution is 8.07. The molecule has 4 atom stereocenters. The van der Waals surface area contributed by atoms with Crippen molar-refractivity contribution in [1.82, 2.24) is 0 Å². The standard InChI is InChI=1S/C11H18S3/c1-2-9(4-11-7-14-11)12-5-8(1)3-10-6-13-10/h8-11H,1-7H2. The molecule has 3 heteroatoms. The Morgan fingerprint density at radius 2 is 1.43 bits per heavy atom. The molecule has 0 radical (unpaired) electrons. The molecule has 0 bridgehead atoms. The summed E-state index contributed by atoms with van der Waals surface area (Å²) >= 11 is 6.62. The predicted molar refractivity (Wildman–Crippen MR) is 70.7 cm³/mol. The van der Waals surface area contributed by atoms with E-state index in [1.165, 1.54) is 42.9 Å². The van der Waals surface area contributed by atoms with Crippen molar-refractivity contribution < 1.29 is 0 Å². The summed E-state index contributed by atoms with van der Waals surface area (Å²) < 4.78 is 0. The van der Waals surface area contributed by atoms with Gasteiger partial charge in [0.25, 0.3) is 0 Å². The summed E-state index contributed by atoms with van der Waals surface area (Å²) in [5.74, 6) is 5.46. The fourth-order valence-electron chi connectivity index (χ4n) is 2.31. The zero-order chi connectivity index (χ0) is 9.38. The van der Waals surface area contributed by atoms with Crippen molar-refractivity contribution in [3.05, 3.63) is 0 Å². The molecular formula is C11H18S3. The maximum atomic E-state index is 2.29. The van der Waals surface area contributed by atoms with E-state index in [0.717, 1.165) is 21.7 Å². The number of thioether (sulfide) groups is 3. The van der Waals surface area contributed by atoms with Gasteiger partial charge in [0.15, 0.2) is 0 Å². The first-order valence-electron chi connectivity index (χ1n) is 5.75. The fraction of sp³-hybridized carbons (Fsp3) is 1.00. The number of hydrogen-bond acceptors (Lipinski definition) is 3. The van der Waals surface area contributed by atoms with Crippen molar-refractivity contribution in [2.45, 2.75) is 41.4 Å². The van der Waals surface area contributed by atoms with Gasteiger partial charge in [-0.05, 0) is 37.4 Å². The van der Waals surface area contributed by atoms with Gasteiger partial charge in [-0.15, -0.1) is 0 Å². The Morgan fingerprint density at radius 1 is 0.714 bits per heavy atom. The van der Waals surface area contributed by atoms with Crippen LogP contribution in [0.25, 0.3) is 0 Å². The van der Waals surface area contributed by atoms with Crippen LogP contribution in [0.1, 0.15) is 25.7 Å². The topological polar surface area (TPSA) is 0 Å². The third-order valence-electron chi connectivity index (χ3n) is 3.39. The Hall–Kier alpha value is 1.05. The van der Waals surface area contributed by atoms with Crippen molar-refractivity contribution in [2.24, 2.45) is 5.92 Å². The van der Waals surface area contributed by atoms with E-state index in [4.69, 9.17) is 0 Å². The molecular weight excluding hydrogens is 228 g/mol. The lowest BCUT2D eigenvalue weighted by Gasteiger charge is -2.27. The normalized spacial score (nSPS) is 46.3. The zero-order valence-electron chi connectivity index (χ0n) is 8.48. The van der Waals surface area contributed by atoms with Gasteiger partial charge >= 0.3 is 0 Å². The van der Waals surface area contributed by atoms with Gasteiger partial charge in [-0.3, -0.25) is 0 Å². The number of rotatable bonds is 4. The van der Waals surface area contributed by atoms with E-state index < -0.39 is 0 Å². The van der Waals surface area contributed by atoms with Crippen molar-refractivity contribution in [3.63, 3.8) is 0 Å². The third kappa shape index (κ3) is 3.02. The maximum absolute atomic E-state index is 2.29. The SMILES string of the molecule is C1CC(CC2CS2)SCC1CC1CS1. The average molecular weight is 246 g/mol. The molecule has 3 aliphatic heterocycles. The molecule has 0 amide bonds. The molecule has 0 aromatic rings. The minimum atomic E-state index is 1.03. The monoisotopic (exact) mass is 246 g/mol. The van der Waals surface area contributed by atoms with Gasteiger partial charge in [0, 0.05) is 27.3 Å². The smallest absolute Gasteiger partial charge is 0.0149 e.